The molecule has 0 aliphatic heterocycles. The Morgan fingerprint density at radius 3 is 2.09 bits per heavy atom. The summed E-state index contributed by atoms with van der Waals surface area (Å²) in [6.45, 7) is 4.34. The zero-order valence-corrected chi connectivity index (χ0v) is 14.7. The lowest BCUT2D eigenvalue weighted by atomic mass is 10.1. The molecule has 1 aromatic carbocycles. The van der Waals surface area contributed by atoms with Crippen molar-refractivity contribution in [3.8, 4) is 11.5 Å². The summed E-state index contributed by atoms with van der Waals surface area (Å²) in [4.78, 5) is 4.50. The molecule has 1 heterocycles. The Hall–Kier alpha value is -1.64. The fraction of sp³-hybridized carbons (Fsp3) is 0.600. The largest absolute Gasteiger partial charge is 0.334 e. The van der Waals surface area contributed by atoms with Crippen LogP contribution in [0.3, 0.4) is 0 Å². The van der Waals surface area contributed by atoms with Gasteiger partial charge >= 0.3 is 0 Å². The number of unbranched alkanes of at least 4 members (excludes halogenated alkanes) is 8. The highest BCUT2D eigenvalue weighted by molar-refractivity contribution is 5.53. The molecule has 126 valence electrons. The van der Waals surface area contributed by atoms with Gasteiger partial charge in [0.2, 0.25) is 0 Å². The first-order valence-corrected chi connectivity index (χ1v) is 9.19. The SMILES string of the molecule is CCCCCCCCCCCc1noc(-c2ccc(C)cc2)n1. The van der Waals surface area contributed by atoms with Crippen LogP contribution in [0.2, 0.25) is 0 Å². The summed E-state index contributed by atoms with van der Waals surface area (Å²) in [7, 11) is 0. The molecule has 0 unspecified atom stereocenters. The zero-order chi connectivity index (χ0) is 16.3. The van der Waals surface area contributed by atoms with E-state index in [1.165, 1.54) is 56.9 Å². The van der Waals surface area contributed by atoms with Gasteiger partial charge in [0, 0.05) is 12.0 Å². The van der Waals surface area contributed by atoms with Crippen molar-refractivity contribution in [1.82, 2.24) is 10.1 Å². The fourth-order valence-corrected chi connectivity index (χ4v) is 2.76. The van der Waals surface area contributed by atoms with Crippen LogP contribution >= 0.6 is 0 Å². The van der Waals surface area contributed by atoms with Crippen LogP contribution in [0.4, 0.5) is 0 Å². The third kappa shape index (κ3) is 6.55. The van der Waals surface area contributed by atoms with Crippen molar-refractivity contribution >= 4 is 0 Å². The predicted octanol–water partition coefficient (Wildman–Crippen LogP) is 6.12. The van der Waals surface area contributed by atoms with Crippen LogP contribution in [0.5, 0.6) is 0 Å². The Bertz CT molecular complexity index is 545. The molecule has 0 atom stereocenters. The molecule has 0 saturated carbocycles. The van der Waals surface area contributed by atoms with E-state index in [2.05, 4.69) is 36.1 Å². The molecule has 0 N–H and O–H groups in total. The van der Waals surface area contributed by atoms with Gasteiger partial charge in [-0.1, -0.05) is 81.1 Å². The van der Waals surface area contributed by atoms with Crippen molar-refractivity contribution in [2.75, 3.05) is 0 Å². The lowest BCUT2D eigenvalue weighted by molar-refractivity contribution is 0.421. The summed E-state index contributed by atoms with van der Waals surface area (Å²) in [5, 5.41) is 4.10. The van der Waals surface area contributed by atoms with Gasteiger partial charge in [-0.05, 0) is 25.5 Å². The highest BCUT2D eigenvalue weighted by Crippen LogP contribution is 2.18. The summed E-state index contributed by atoms with van der Waals surface area (Å²) < 4.78 is 5.36. The Morgan fingerprint density at radius 2 is 1.43 bits per heavy atom. The van der Waals surface area contributed by atoms with Gasteiger partial charge in [0.1, 0.15) is 0 Å². The lowest BCUT2D eigenvalue weighted by Gasteiger charge is -2.00. The van der Waals surface area contributed by atoms with E-state index >= 15 is 0 Å². The van der Waals surface area contributed by atoms with Crippen LogP contribution < -0.4 is 0 Å². The first-order chi connectivity index (χ1) is 11.3. The van der Waals surface area contributed by atoms with Crippen molar-refractivity contribution in [2.24, 2.45) is 0 Å². The molecule has 2 rings (SSSR count). The molecule has 2 aromatic rings. The van der Waals surface area contributed by atoms with Crippen LogP contribution in [0, 0.1) is 6.92 Å². The monoisotopic (exact) mass is 314 g/mol. The molecule has 23 heavy (non-hydrogen) atoms. The van der Waals surface area contributed by atoms with Gasteiger partial charge in [0.25, 0.3) is 5.89 Å². The maximum absolute atomic E-state index is 5.36. The van der Waals surface area contributed by atoms with Crippen LogP contribution in [0.15, 0.2) is 28.8 Å². The number of benzene rings is 1. The number of rotatable bonds is 11. The standard InChI is InChI=1S/C20H30N2O/c1-3-4-5-6-7-8-9-10-11-12-19-21-20(23-22-19)18-15-13-17(2)14-16-18/h13-16H,3-12H2,1-2H3. The zero-order valence-electron chi connectivity index (χ0n) is 14.7. The average Bonchev–Trinajstić information content (AvgIpc) is 3.03. The summed E-state index contributed by atoms with van der Waals surface area (Å²) in [5.74, 6) is 1.47. The molecular formula is C20H30N2O. The molecule has 0 spiro atoms. The number of nitrogens with zero attached hydrogens (tertiary/aromatic N) is 2. The molecule has 0 bridgehead atoms. The quantitative estimate of drug-likeness (QED) is 0.469. The summed E-state index contributed by atoms with van der Waals surface area (Å²) >= 11 is 0. The van der Waals surface area contributed by atoms with Crippen LogP contribution in [-0.2, 0) is 6.42 Å². The second kappa shape index (κ2) is 10.2. The predicted molar refractivity (Wildman–Crippen MR) is 95.4 cm³/mol. The third-order valence-electron chi connectivity index (χ3n) is 4.27. The van der Waals surface area contributed by atoms with Gasteiger partial charge in [-0.2, -0.15) is 4.98 Å². The molecule has 0 radical (unpaired) electrons. The molecule has 0 aliphatic rings. The maximum Gasteiger partial charge on any atom is 0.257 e. The molecule has 3 nitrogen and oxygen atoms in total. The van der Waals surface area contributed by atoms with Crippen LogP contribution in [0.1, 0.15) is 76.1 Å². The number of hydrogen-bond donors (Lipinski definition) is 0. The summed E-state index contributed by atoms with van der Waals surface area (Å²) in [6, 6.07) is 8.20. The second-order valence-electron chi connectivity index (χ2n) is 6.46. The lowest BCUT2D eigenvalue weighted by Crippen LogP contribution is -1.89. The van der Waals surface area contributed by atoms with E-state index < -0.39 is 0 Å². The Labute approximate surface area is 140 Å². The van der Waals surface area contributed by atoms with E-state index in [-0.39, 0.29) is 0 Å². The van der Waals surface area contributed by atoms with Gasteiger partial charge in [0.15, 0.2) is 5.82 Å². The number of aromatic nitrogens is 2. The summed E-state index contributed by atoms with van der Waals surface area (Å²) in [5.41, 5.74) is 2.24. The number of aryl methyl sites for hydroxylation is 2. The molecule has 1 aromatic heterocycles. The Kier molecular flexibility index (Phi) is 7.85. The van der Waals surface area contributed by atoms with E-state index in [0.717, 1.165) is 24.2 Å². The molecule has 0 aliphatic carbocycles. The van der Waals surface area contributed by atoms with Crippen LogP contribution in [-0.4, -0.2) is 10.1 Å². The van der Waals surface area contributed by atoms with E-state index in [4.69, 9.17) is 4.52 Å². The van der Waals surface area contributed by atoms with E-state index in [1.54, 1.807) is 0 Å². The molecule has 3 heteroatoms. The molecule has 0 amide bonds. The highest BCUT2D eigenvalue weighted by Gasteiger charge is 2.08. The smallest absolute Gasteiger partial charge is 0.257 e. The molecule has 0 fully saturated rings. The topological polar surface area (TPSA) is 38.9 Å². The first-order valence-electron chi connectivity index (χ1n) is 9.19. The first kappa shape index (κ1) is 17.7. The minimum Gasteiger partial charge on any atom is -0.334 e. The molecular weight excluding hydrogens is 284 g/mol. The summed E-state index contributed by atoms with van der Waals surface area (Å²) in [6.07, 6.45) is 12.9. The van der Waals surface area contributed by atoms with Gasteiger partial charge < -0.3 is 4.52 Å². The average molecular weight is 314 g/mol. The van der Waals surface area contributed by atoms with Gasteiger partial charge in [0.05, 0.1) is 0 Å². The van der Waals surface area contributed by atoms with Crippen molar-refractivity contribution < 1.29 is 4.52 Å². The van der Waals surface area contributed by atoms with Crippen molar-refractivity contribution in [1.29, 1.82) is 0 Å². The Balaban J connectivity index is 1.61. The normalized spacial score (nSPS) is 11.0. The van der Waals surface area contributed by atoms with Gasteiger partial charge in [-0.3, -0.25) is 0 Å². The van der Waals surface area contributed by atoms with Crippen molar-refractivity contribution in [3.05, 3.63) is 35.7 Å². The minimum atomic E-state index is 0.635. The van der Waals surface area contributed by atoms with Crippen LogP contribution in [0.25, 0.3) is 11.5 Å². The fourth-order valence-electron chi connectivity index (χ4n) is 2.76. The number of hydrogen-bond acceptors (Lipinski definition) is 3. The van der Waals surface area contributed by atoms with E-state index in [9.17, 15) is 0 Å². The van der Waals surface area contributed by atoms with E-state index in [0.29, 0.717) is 5.89 Å². The second-order valence-corrected chi connectivity index (χ2v) is 6.46. The van der Waals surface area contributed by atoms with Crippen molar-refractivity contribution in [3.63, 3.8) is 0 Å². The maximum atomic E-state index is 5.36. The van der Waals surface area contributed by atoms with E-state index in [1.807, 2.05) is 12.1 Å². The van der Waals surface area contributed by atoms with Crippen molar-refractivity contribution in [2.45, 2.75) is 78.1 Å². The van der Waals surface area contributed by atoms with Gasteiger partial charge in [-0.15, -0.1) is 0 Å². The highest BCUT2D eigenvalue weighted by atomic mass is 16.5. The Morgan fingerprint density at radius 1 is 0.826 bits per heavy atom. The molecule has 0 saturated heterocycles. The third-order valence-corrected chi connectivity index (χ3v) is 4.27. The minimum absolute atomic E-state index is 0.635. The van der Waals surface area contributed by atoms with Gasteiger partial charge in [-0.25, -0.2) is 0 Å².